The van der Waals surface area contributed by atoms with Crippen LogP contribution < -0.4 is 16.2 Å². The van der Waals surface area contributed by atoms with E-state index in [1.54, 1.807) is 36.4 Å². The third-order valence-corrected chi connectivity index (χ3v) is 6.44. The molecule has 4 N–H and O–H groups in total. The van der Waals surface area contributed by atoms with Gasteiger partial charge in [0.2, 0.25) is 0 Å². The van der Waals surface area contributed by atoms with E-state index in [1.807, 2.05) is 12.1 Å². The lowest BCUT2D eigenvalue weighted by Gasteiger charge is -2.27. The number of hydrogen-bond donors (Lipinski definition) is 2. The number of carbonyl (C=O) groups excluding carboxylic acids is 2. The molecule has 0 atom stereocenters. The second kappa shape index (κ2) is 12.8. The van der Waals surface area contributed by atoms with E-state index in [2.05, 4.69) is 6.92 Å². The second-order valence-corrected chi connectivity index (χ2v) is 9.06. The SMILES string of the molecule is CCCCC1CCC(C(=O)Oc2ccc(C=CC(=O)OCCc3cc(N)ccc3N)cc2)CC1. The van der Waals surface area contributed by atoms with Crippen LogP contribution in [0.3, 0.4) is 0 Å². The molecule has 34 heavy (non-hydrogen) atoms. The van der Waals surface area contributed by atoms with E-state index < -0.39 is 5.97 Å². The fraction of sp³-hybridized carbons (Fsp3) is 0.429. The van der Waals surface area contributed by atoms with Crippen LogP contribution in [-0.2, 0) is 20.7 Å². The summed E-state index contributed by atoms with van der Waals surface area (Å²) >= 11 is 0. The monoisotopic (exact) mass is 464 g/mol. The average Bonchev–Trinajstić information content (AvgIpc) is 2.84. The predicted octanol–water partition coefficient (Wildman–Crippen LogP) is 5.55. The Hall–Kier alpha value is -3.28. The Morgan fingerprint density at radius 3 is 2.47 bits per heavy atom. The number of carbonyl (C=O) groups is 2. The van der Waals surface area contributed by atoms with Gasteiger partial charge in [-0.15, -0.1) is 0 Å². The molecule has 1 fully saturated rings. The van der Waals surface area contributed by atoms with Crippen LogP contribution in [0.15, 0.2) is 48.5 Å². The first-order valence-corrected chi connectivity index (χ1v) is 12.2. The summed E-state index contributed by atoms with van der Waals surface area (Å²) in [5.74, 6) is 0.707. The summed E-state index contributed by atoms with van der Waals surface area (Å²) in [4.78, 5) is 24.5. The van der Waals surface area contributed by atoms with Crippen molar-refractivity contribution in [3.8, 4) is 5.75 Å². The van der Waals surface area contributed by atoms with Gasteiger partial charge in [0.15, 0.2) is 0 Å². The molecule has 6 nitrogen and oxygen atoms in total. The molecular weight excluding hydrogens is 428 g/mol. The number of hydrogen-bond acceptors (Lipinski definition) is 6. The Kier molecular flexibility index (Phi) is 9.56. The van der Waals surface area contributed by atoms with Crippen molar-refractivity contribution in [3.63, 3.8) is 0 Å². The van der Waals surface area contributed by atoms with Gasteiger partial charge >= 0.3 is 11.9 Å². The number of nitrogens with two attached hydrogens (primary N) is 2. The lowest BCUT2D eigenvalue weighted by atomic mass is 9.80. The summed E-state index contributed by atoms with van der Waals surface area (Å²) in [6, 6.07) is 12.4. The van der Waals surface area contributed by atoms with Crippen molar-refractivity contribution >= 4 is 29.4 Å². The van der Waals surface area contributed by atoms with Crippen LogP contribution in [0.4, 0.5) is 11.4 Å². The molecule has 0 unspecified atom stereocenters. The number of unbranched alkanes of at least 4 members (excludes halogenated alkanes) is 1. The highest BCUT2D eigenvalue weighted by atomic mass is 16.5. The van der Waals surface area contributed by atoms with E-state index in [0.717, 1.165) is 42.7 Å². The maximum absolute atomic E-state index is 12.5. The van der Waals surface area contributed by atoms with Gasteiger partial charge in [0.05, 0.1) is 12.5 Å². The lowest BCUT2D eigenvalue weighted by molar-refractivity contribution is -0.140. The third kappa shape index (κ3) is 7.94. The molecular formula is C28H36N2O4. The summed E-state index contributed by atoms with van der Waals surface area (Å²) in [7, 11) is 0. The summed E-state index contributed by atoms with van der Waals surface area (Å²) < 4.78 is 10.8. The summed E-state index contributed by atoms with van der Waals surface area (Å²) in [6.45, 7) is 2.43. The number of benzene rings is 2. The fourth-order valence-corrected chi connectivity index (χ4v) is 4.34. The van der Waals surface area contributed by atoms with E-state index in [9.17, 15) is 9.59 Å². The summed E-state index contributed by atoms with van der Waals surface area (Å²) in [5.41, 5.74) is 14.6. The van der Waals surface area contributed by atoms with Crippen LogP contribution in [0.2, 0.25) is 0 Å². The molecule has 3 rings (SSSR count). The van der Waals surface area contributed by atoms with Crippen molar-refractivity contribution in [2.45, 2.75) is 58.3 Å². The van der Waals surface area contributed by atoms with Gasteiger partial charge in [0.25, 0.3) is 0 Å². The molecule has 0 heterocycles. The molecule has 0 bridgehead atoms. The smallest absolute Gasteiger partial charge is 0.330 e. The zero-order chi connectivity index (χ0) is 24.3. The Balaban J connectivity index is 1.40. The van der Waals surface area contributed by atoms with Crippen LogP contribution in [0.1, 0.15) is 63.0 Å². The minimum atomic E-state index is -0.437. The molecule has 2 aromatic rings. The lowest BCUT2D eigenvalue weighted by Crippen LogP contribution is -2.25. The van der Waals surface area contributed by atoms with E-state index >= 15 is 0 Å². The maximum atomic E-state index is 12.5. The molecule has 0 aromatic heterocycles. The van der Waals surface area contributed by atoms with Crippen LogP contribution >= 0.6 is 0 Å². The summed E-state index contributed by atoms with van der Waals surface area (Å²) in [5, 5.41) is 0. The topological polar surface area (TPSA) is 105 Å². The molecule has 0 radical (unpaired) electrons. The van der Waals surface area contributed by atoms with E-state index in [-0.39, 0.29) is 18.5 Å². The first kappa shape index (κ1) is 25.3. The molecule has 0 spiro atoms. The fourth-order valence-electron chi connectivity index (χ4n) is 4.34. The number of esters is 2. The molecule has 2 aromatic carbocycles. The van der Waals surface area contributed by atoms with Gasteiger partial charge in [-0.1, -0.05) is 38.3 Å². The molecule has 1 aliphatic rings. The van der Waals surface area contributed by atoms with Crippen molar-refractivity contribution in [1.29, 1.82) is 0 Å². The van der Waals surface area contributed by atoms with Crippen LogP contribution in [0, 0.1) is 11.8 Å². The molecule has 0 aliphatic heterocycles. The largest absolute Gasteiger partial charge is 0.462 e. The highest BCUT2D eigenvalue weighted by molar-refractivity contribution is 5.87. The quantitative estimate of drug-likeness (QED) is 0.207. The minimum Gasteiger partial charge on any atom is -0.462 e. The van der Waals surface area contributed by atoms with E-state index in [1.165, 1.54) is 25.3 Å². The Morgan fingerprint density at radius 1 is 1.03 bits per heavy atom. The van der Waals surface area contributed by atoms with Crippen LogP contribution in [0.25, 0.3) is 6.08 Å². The molecule has 0 amide bonds. The first-order valence-electron chi connectivity index (χ1n) is 12.2. The number of nitrogen functional groups attached to an aromatic ring is 2. The number of ether oxygens (including phenoxy) is 2. The molecule has 182 valence electrons. The van der Waals surface area contributed by atoms with E-state index in [4.69, 9.17) is 20.9 Å². The van der Waals surface area contributed by atoms with Crippen molar-refractivity contribution in [2.75, 3.05) is 18.1 Å². The molecule has 1 saturated carbocycles. The van der Waals surface area contributed by atoms with Crippen LogP contribution in [0.5, 0.6) is 5.75 Å². The van der Waals surface area contributed by atoms with Gasteiger partial charge in [0.1, 0.15) is 5.75 Å². The van der Waals surface area contributed by atoms with Crippen molar-refractivity contribution in [2.24, 2.45) is 11.8 Å². The first-order chi connectivity index (χ1) is 16.4. The predicted molar refractivity (Wildman–Crippen MR) is 136 cm³/mol. The van der Waals surface area contributed by atoms with Gasteiger partial charge in [-0.05, 0) is 79.1 Å². The highest BCUT2D eigenvalue weighted by Crippen LogP contribution is 2.32. The highest BCUT2D eigenvalue weighted by Gasteiger charge is 2.27. The number of rotatable bonds is 10. The van der Waals surface area contributed by atoms with Gasteiger partial charge < -0.3 is 20.9 Å². The minimum absolute atomic E-state index is 0.00473. The Morgan fingerprint density at radius 2 is 1.76 bits per heavy atom. The average molecular weight is 465 g/mol. The van der Waals surface area contributed by atoms with Crippen LogP contribution in [-0.4, -0.2) is 18.5 Å². The maximum Gasteiger partial charge on any atom is 0.330 e. The van der Waals surface area contributed by atoms with Gasteiger partial charge in [-0.2, -0.15) is 0 Å². The van der Waals surface area contributed by atoms with Crippen molar-refractivity contribution in [3.05, 3.63) is 59.7 Å². The molecule has 1 aliphatic carbocycles. The zero-order valence-electron chi connectivity index (χ0n) is 20.0. The Labute approximate surface area is 202 Å². The molecule has 0 saturated heterocycles. The Bertz CT molecular complexity index is 976. The van der Waals surface area contributed by atoms with Gasteiger partial charge in [-0.25, -0.2) is 4.79 Å². The van der Waals surface area contributed by atoms with Gasteiger partial charge in [-0.3, -0.25) is 4.79 Å². The van der Waals surface area contributed by atoms with Gasteiger partial charge in [0, 0.05) is 23.9 Å². The third-order valence-electron chi connectivity index (χ3n) is 6.44. The number of anilines is 2. The molecule has 6 heteroatoms. The second-order valence-electron chi connectivity index (χ2n) is 9.06. The van der Waals surface area contributed by atoms with Crippen molar-refractivity contribution < 1.29 is 19.1 Å². The zero-order valence-corrected chi connectivity index (χ0v) is 20.0. The van der Waals surface area contributed by atoms with Crippen molar-refractivity contribution in [1.82, 2.24) is 0 Å². The standard InChI is InChI=1S/C28H36N2O4/c1-2-3-4-20-5-10-22(11-6-20)28(32)34-25-13-7-21(8-14-25)9-16-27(31)33-18-17-23-19-24(29)12-15-26(23)30/h7-9,12-16,19-20,22H,2-6,10-11,17-18,29-30H2,1H3. The van der Waals surface area contributed by atoms with E-state index in [0.29, 0.717) is 23.5 Å². The summed E-state index contributed by atoms with van der Waals surface area (Å²) in [6.07, 6.45) is 11.4. The normalized spacial score (nSPS) is 18.0.